The predicted octanol–water partition coefficient (Wildman–Crippen LogP) is -0.253. The van der Waals surface area contributed by atoms with Crippen LogP contribution in [0.3, 0.4) is 0 Å². The van der Waals surface area contributed by atoms with Gasteiger partial charge >= 0.3 is 0 Å². The van der Waals surface area contributed by atoms with Gasteiger partial charge in [-0.2, -0.15) is 4.41 Å². The molecule has 0 aromatic heterocycles. The molecule has 4 rings (SSSR count). The molecule has 8 nitrogen and oxygen atoms in total. The van der Waals surface area contributed by atoms with Gasteiger partial charge < -0.3 is 14.8 Å². The van der Waals surface area contributed by atoms with E-state index in [4.69, 9.17) is 11.6 Å². The molecule has 1 saturated carbocycles. The quantitative estimate of drug-likeness (QED) is 0.536. The van der Waals surface area contributed by atoms with Gasteiger partial charge in [-0.15, -0.1) is 0 Å². The summed E-state index contributed by atoms with van der Waals surface area (Å²) in [6.07, 6.45) is 5.07. The lowest BCUT2D eigenvalue weighted by Gasteiger charge is -2.62. The zero-order valence-electron chi connectivity index (χ0n) is 12.6. The van der Waals surface area contributed by atoms with Crippen LogP contribution in [0.2, 0.25) is 0 Å². The first-order valence-corrected chi connectivity index (χ1v) is 8.96. The topological polar surface area (TPSA) is 95.4 Å². The number of nitrogens with one attached hydrogen (secondary N) is 2. The molecule has 1 saturated heterocycles. The normalized spacial score (nSPS) is 32.8. The van der Waals surface area contributed by atoms with Crippen LogP contribution in [0.25, 0.3) is 0 Å². The van der Waals surface area contributed by atoms with Gasteiger partial charge in [-0.05, 0) is 19.9 Å². The van der Waals surface area contributed by atoms with Crippen molar-refractivity contribution >= 4 is 35.0 Å². The second kappa shape index (κ2) is 5.52. The second-order valence-electron chi connectivity index (χ2n) is 6.55. The Labute approximate surface area is 142 Å². The van der Waals surface area contributed by atoms with Crippen LogP contribution in [0.4, 0.5) is 0 Å². The van der Waals surface area contributed by atoms with E-state index in [1.807, 2.05) is 0 Å². The lowest BCUT2D eigenvalue weighted by Crippen LogP contribution is -2.69. The zero-order chi connectivity index (χ0) is 16.2. The summed E-state index contributed by atoms with van der Waals surface area (Å²) in [4.78, 5) is 11.0. The third-order valence-corrected chi connectivity index (χ3v) is 6.27. The van der Waals surface area contributed by atoms with Gasteiger partial charge in [-0.3, -0.25) is 4.21 Å². The molecule has 0 radical (unpaired) electrons. The molecular formula is C13H18ClN6O2S-. The molecule has 0 aromatic carbocycles. The Kier molecular flexibility index (Phi) is 3.73. The summed E-state index contributed by atoms with van der Waals surface area (Å²) in [7, 11) is 1.63. The van der Waals surface area contributed by atoms with Crippen molar-refractivity contribution in [2.45, 2.75) is 25.0 Å². The average Bonchev–Trinajstić information content (AvgIpc) is 2.81. The van der Waals surface area contributed by atoms with Gasteiger partial charge in [0.25, 0.3) is 0 Å². The monoisotopic (exact) mass is 357 g/mol. The van der Waals surface area contributed by atoms with Gasteiger partial charge in [-0.25, -0.2) is 15.4 Å². The summed E-state index contributed by atoms with van der Waals surface area (Å²) in [5, 5.41) is 3.89. The van der Waals surface area contributed by atoms with E-state index in [0.717, 1.165) is 36.8 Å². The molecule has 2 N–H and O–H groups in total. The number of hydrogen-bond acceptors (Lipinski definition) is 7. The smallest absolute Gasteiger partial charge is 0.135 e. The van der Waals surface area contributed by atoms with Gasteiger partial charge in [0.1, 0.15) is 18.3 Å². The number of hydrogen-bond donors (Lipinski definition) is 2. The standard InChI is InChI=1S/C13H19ClN6O2S/c1-15-20(23(21)22)8-2-13(3-8)5-19(6-13)12-10-9(14)4-16-11(10)17-7-18-12/h4,7-8,10-11,15-16H,2-3,5-6H2,1H3,(H,21,22)/p-1. The third-order valence-electron chi connectivity index (χ3n) is 5.13. The molecule has 0 bridgehead atoms. The van der Waals surface area contributed by atoms with E-state index in [0.29, 0.717) is 0 Å². The number of rotatable bonds is 3. The fourth-order valence-corrected chi connectivity index (χ4v) is 4.91. The summed E-state index contributed by atoms with van der Waals surface area (Å²) in [5.74, 6) is 0.959. The Hall–Kier alpha value is -1.00. The van der Waals surface area contributed by atoms with Crippen LogP contribution in [-0.2, 0) is 11.3 Å². The van der Waals surface area contributed by atoms with Crippen LogP contribution >= 0.6 is 11.6 Å². The first-order valence-electron chi connectivity index (χ1n) is 7.55. The molecule has 10 heteroatoms. The number of fused-ring (bicyclic) bond motifs is 1. The van der Waals surface area contributed by atoms with Crippen LogP contribution < -0.4 is 10.7 Å². The number of likely N-dealkylation sites (tertiary alicyclic amines) is 1. The molecule has 1 aliphatic carbocycles. The van der Waals surface area contributed by atoms with Crippen molar-refractivity contribution in [3.63, 3.8) is 0 Å². The summed E-state index contributed by atoms with van der Waals surface area (Å²) in [5.41, 5.74) is 2.94. The maximum atomic E-state index is 11.1. The predicted molar refractivity (Wildman–Crippen MR) is 87.1 cm³/mol. The fraction of sp³-hybridized carbons (Fsp3) is 0.692. The molecular weight excluding hydrogens is 340 g/mol. The minimum atomic E-state index is -2.23. The highest BCUT2D eigenvalue weighted by molar-refractivity contribution is 7.76. The first kappa shape index (κ1) is 15.5. The van der Waals surface area contributed by atoms with Crippen LogP contribution in [0, 0.1) is 11.3 Å². The fourth-order valence-electron chi connectivity index (χ4n) is 4.09. The Balaban J connectivity index is 1.38. The number of amidine groups is 1. The lowest BCUT2D eigenvalue weighted by atomic mass is 9.60. The van der Waals surface area contributed by atoms with Crippen molar-refractivity contribution in [1.82, 2.24) is 20.1 Å². The van der Waals surface area contributed by atoms with Crippen LogP contribution in [0.1, 0.15) is 12.8 Å². The molecule has 4 aliphatic rings. The minimum absolute atomic E-state index is 0.00200. The van der Waals surface area contributed by atoms with E-state index in [1.165, 1.54) is 4.41 Å². The first-order chi connectivity index (χ1) is 11.0. The van der Waals surface area contributed by atoms with Gasteiger partial charge in [0.2, 0.25) is 0 Å². The second-order valence-corrected chi connectivity index (χ2v) is 7.82. The maximum absolute atomic E-state index is 11.1. The Bertz CT molecular complexity index is 624. The lowest BCUT2D eigenvalue weighted by molar-refractivity contribution is -0.0707. The SMILES string of the molecule is CNN(C1CC2(C1)CN(C1=NC=NC3NC=C(Cl)C13)C2)S(=O)[O-]. The molecule has 3 aliphatic heterocycles. The van der Waals surface area contributed by atoms with Crippen molar-refractivity contribution in [2.24, 2.45) is 21.3 Å². The third kappa shape index (κ3) is 2.42. The Morgan fingerprint density at radius 3 is 2.96 bits per heavy atom. The van der Waals surface area contributed by atoms with Gasteiger partial charge in [0.05, 0.1) is 5.92 Å². The largest absolute Gasteiger partial charge is 0.759 e. The van der Waals surface area contributed by atoms with Crippen molar-refractivity contribution in [1.29, 1.82) is 0 Å². The van der Waals surface area contributed by atoms with Gasteiger partial charge in [0.15, 0.2) is 0 Å². The van der Waals surface area contributed by atoms with E-state index in [9.17, 15) is 8.76 Å². The number of hydrazine groups is 1. The van der Waals surface area contributed by atoms with Crippen LogP contribution in [0.5, 0.6) is 0 Å². The highest BCUT2D eigenvalue weighted by Crippen LogP contribution is 2.51. The van der Waals surface area contributed by atoms with E-state index in [1.54, 1.807) is 19.6 Å². The molecule has 23 heavy (non-hydrogen) atoms. The van der Waals surface area contributed by atoms with Gasteiger partial charge in [-0.1, -0.05) is 11.6 Å². The Morgan fingerprint density at radius 2 is 2.30 bits per heavy atom. The molecule has 126 valence electrons. The molecule has 3 atom stereocenters. The van der Waals surface area contributed by atoms with Crippen molar-refractivity contribution < 1.29 is 8.76 Å². The highest BCUT2D eigenvalue weighted by atomic mass is 35.5. The van der Waals surface area contributed by atoms with Gasteiger partial charge in [0, 0.05) is 47.0 Å². The zero-order valence-corrected chi connectivity index (χ0v) is 14.2. The van der Waals surface area contributed by atoms with E-state index >= 15 is 0 Å². The molecule has 0 amide bonds. The molecule has 1 spiro atoms. The summed E-state index contributed by atoms with van der Waals surface area (Å²) in [6, 6.07) is 0.0414. The summed E-state index contributed by atoms with van der Waals surface area (Å²) in [6.45, 7) is 1.79. The van der Waals surface area contributed by atoms with Crippen LogP contribution in [0.15, 0.2) is 21.2 Å². The van der Waals surface area contributed by atoms with E-state index in [2.05, 4.69) is 25.6 Å². The number of aliphatic imine (C=N–C) groups is 2. The highest BCUT2D eigenvalue weighted by Gasteiger charge is 2.56. The van der Waals surface area contributed by atoms with Crippen LogP contribution in [-0.4, -0.2) is 62.6 Å². The average molecular weight is 358 g/mol. The summed E-state index contributed by atoms with van der Waals surface area (Å²) < 4.78 is 23.6. The van der Waals surface area contributed by atoms with Crippen molar-refractivity contribution in [2.75, 3.05) is 20.1 Å². The van der Waals surface area contributed by atoms with E-state index < -0.39 is 11.3 Å². The number of halogens is 1. The Morgan fingerprint density at radius 1 is 1.57 bits per heavy atom. The maximum Gasteiger partial charge on any atom is 0.135 e. The minimum Gasteiger partial charge on any atom is -0.759 e. The van der Waals surface area contributed by atoms with E-state index in [-0.39, 0.29) is 23.5 Å². The van der Waals surface area contributed by atoms with Crippen molar-refractivity contribution in [3.05, 3.63) is 11.2 Å². The molecule has 0 aromatic rings. The molecule has 3 heterocycles. The molecule has 3 unspecified atom stereocenters. The van der Waals surface area contributed by atoms with Crippen molar-refractivity contribution in [3.8, 4) is 0 Å². The number of nitrogens with zero attached hydrogens (tertiary/aromatic N) is 4. The summed E-state index contributed by atoms with van der Waals surface area (Å²) >= 11 is 4.05. The molecule has 2 fully saturated rings.